The van der Waals surface area contributed by atoms with E-state index in [2.05, 4.69) is 9.97 Å². The molecule has 1 heterocycles. The maximum Gasteiger partial charge on any atom is 0.216 e. The number of carbonyl (C=O) groups excluding carboxylic acids is 1. The molecule has 1 unspecified atom stereocenters. The Hall–Kier alpha value is -2.78. The normalized spacial score (nSPS) is 12.9. The molecule has 3 rings (SSSR count). The molecule has 0 amide bonds. The highest BCUT2D eigenvalue weighted by Crippen LogP contribution is 2.28. The fraction of sp³-hybridized carbons (Fsp3) is 0.167. The maximum atomic E-state index is 14.3. The number of rotatable bonds is 5. The minimum Gasteiger partial charge on any atom is -0.288 e. The summed E-state index contributed by atoms with van der Waals surface area (Å²) in [5.41, 5.74) is 0.367. The van der Waals surface area contributed by atoms with Gasteiger partial charge in [0.1, 0.15) is 0 Å². The van der Waals surface area contributed by atoms with Gasteiger partial charge in [0.15, 0.2) is 17.4 Å². The lowest BCUT2D eigenvalue weighted by Gasteiger charge is -2.15. The summed E-state index contributed by atoms with van der Waals surface area (Å²) in [6, 6.07) is 6.13. The third-order valence-electron chi connectivity index (χ3n) is 4.17. The van der Waals surface area contributed by atoms with Gasteiger partial charge in [0, 0.05) is 18.0 Å². The van der Waals surface area contributed by atoms with Crippen LogP contribution in [0.15, 0.2) is 42.7 Å². The van der Waals surface area contributed by atoms with Crippen LogP contribution in [0.4, 0.5) is 8.78 Å². The molecule has 9 heteroatoms. The Morgan fingerprint density at radius 3 is 2.41 bits per heavy atom. The number of sulfonamides is 1. The molecule has 0 spiro atoms. The number of carbonyl (C=O) groups is 1. The van der Waals surface area contributed by atoms with Crippen LogP contribution in [0.1, 0.15) is 40.1 Å². The molecule has 140 valence electrons. The number of ketones is 1. The SMILES string of the molecule is CCC(c1cc(F)c(F)c(C(=O)c2ccc3nccnc3c2)c1)S(N)(=O)=O. The summed E-state index contributed by atoms with van der Waals surface area (Å²) in [7, 11) is -4.05. The quantitative estimate of drug-likeness (QED) is 0.674. The molecule has 0 aliphatic carbocycles. The van der Waals surface area contributed by atoms with Crippen LogP contribution in [-0.2, 0) is 10.0 Å². The monoisotopic (exact) mass is 391 g/mol. The highest BCUT2D eigenvalue weighted by atomic mass is 32.2. The minimum atomic E-state index is -4.05. The number of nitrogens with two attached hydrogens (primary N) is 1. The zero-order chi connectivity index (χ0) is 19.8. The second-order valence-electron chi connectivity index (χ2n) is 5.94. The Balaban J connectivity index is 2.13. The third kappa shape index (κ3) is 3.69. The minimum absolute atomic E-state index is 0.0447. The zero-order valence-corrected chi connectivity index (χ0v) is 15.0. The molecule has 0 fully saturated rings. The van der Waals surface area contributed by atoms with Gasteiger partial charge in [0.05, 0.1) is 21.8 Å². The zero-order valence-electron chi connectivity index (χ0n) is 14.2. The summed E-state index contributed by atoms with van der Waals surface area (Å²) in [5.74, 6) is -3.48. The molecule has 0 bridgehead atoms. The van der Waals surface area contributed by atoms with Crippen molar-refractivity contribution in [1.29, 1.82) is 0 Å². The van der Waals surface area contributed by atoms with E-state index in [-0.39, 0.29) is 17.5 Å². The van der Waals surface area contributed by atoms with Crippen LogP contribution in [0.5, 0.6) is 0 Å². The molecule has 0 saturated heterocycles. The second-order valence-corrected chi connectivity index (χ2v) is 7.69. The van der Waals surface area contributed by atoms with Crippen molar-refractivity contribution in [2.75, 3.05) is 0 Å². The molecule has 2 N–H and O–H groups in total. The van der Waals surface area contributed by atoms with E-state index >= 15 is 0 Å². The Bertz CT molecular complexity index is 1150. The van der Waals surface area contributed by atoms with Gasteiger partial charge in [-0.2, -0.15) is 0 Å². The number of hydrogen-bond acceptors (Lipinski definition) is 5. The fourth-order valence-corrected chi connectivity index (χ4v) is 3.86. The van der Waals surface area contributed by atoms with E-state index in [0.717, 1.165) is 12.1 Å². The van der Waals surface area contributed by atoms with Gasteiger partial charge in [-0.1, -0.05) is 6.92 Å². The van der Waals surface area contributed by atoms with Crippen LogP contribution < -0.4 is 5.14 Å². The summed E-state index contributed by atoms with van der Waals surface area (Å²) in [6.45, 7) is 1.54. The molecule has 2 aromatic carbocycles. The predicted octanol–water partition coefficient (Wildman–Crippen LogP) is 2.88. The van der Waals surface area contributed by atoms with Crippen molar-refractivity contribution < 1.29 is 22.0 Å². The molecular formula is C18H15F2N3O3S. The van der Waals surface area contributed by atoms with Gasteiger partial charge in [-0.25, -0.2) is 22.3 Å². The molecule has 0 radical (unpaired) electrons. The van der Waals surface area contributed by atoms with Crippen molar-refractivity contribution in [3.05, 3.63) is 71.1 Å². The summed E-state index contributed by atoms with van der Waals surface area (Å²) < 4.78 is 51.8. The van der Waals surface area contributed by atoms with Crippen LogP contribution >= 0.6 is 0 Å². The Morgan fingerprint density at radius 1 is 1.11 bits per heavy atom. The van der Waals surface area contributed by atoms with E-state index in [1.807, 2.05) is 0 Å². The molecule has 3 aromatic rings. The average molecular weight is 391 g/mol. The molecule has 0 saturated carbocycles. The van der Waals surface area contributed by atoms with Crippen LogP contribution in [0.2, 0.25) is 0 Å². The molecule has 0 aliphatic rings. The van der Waals surface area contributed by atoms with Crippen LogP contribution in [-0.4, -0.2) is 24.2 Å². The van der Waals surface area contributed by atoms with Gasteiger partial charge in [-0.3, -0.25) is 14.8 Å². The van der Waals surface area contributed by atoms with E-state index in [9.17, 15) is 22.0 Å². The Morgan fingerprint density at radius 2 is 1.78 bits per heavy atom. The highest BCUT2D eigenvalue weighted by Gasteiger charge is 2.26. The molecule has 6 nitrogen and oxygen atoms in total. The van der Waals surface area contributed by atoms with E-state index in [1.54, 1.807) is 6.92 Å². The maximum absolute atomic E-state index is 14.3. The number of nitrogens with zero attached hydrogens (tertiary/aromatic N) is 2. The van der Waals surface area contributed by atoms with Crippen molar-refractivity contribution in [3.8, 4) is 0 Å². The van der Waals surface area contributed by atoms with Crippen molar-refractivity contribution in [2.45, 2.75) is 18.6 Å². The van der Waals surface area contributed by atoms with E-state index in [1.165, 1.54) is 30.6 Å². The summed E-state index contributed by atoms with van der Waals surface area (Å²) >= 11 is 0. The molecule has 27 heavy (non-hydrogen) atoms. The topological polar surface area (TPSA) is 103 Å². The smallest absolute Gasteiger partial charge is 0.216 e. The molecule has 1 atom stereocenters. The average Bonchev–Trinajstić information content (AvgIpc) is 2.63. The van der Waals surface area contributed by atoms with Gasteiger partial charge in [0.2, 0.25) is 10.0 Å². The lowest BCUT2D eigenvalue weighted by molar-refractivity contribution is 0.103. The lowest BCUT2D eigenvalue weighted by Crippen LogP contribution is -2.22. The van der Waals surface area contributed by atoms with Gasteiger partial charge in [0.25, 0.3) is 0 Å². The van der Waals surface area contributed by atoms with E-state index in [4.69, 9.17) is 5.14 Å². The number of hydrogen-bond donors (Lipinski definition) is 1. The summed E-state index contributed by atoms with van der Waals surface area (Å²) in [4.78, 5) is 20.9. The number of fused-ring (bicyclic) bond motifs is 1. The number of aromatic nitrogens is 2. The van der Waals surface area contributed by atoms with Crippen LogP contribution in [0, 0.1) is 11.6 Å². The highest BCUT2D eigenvalue weighted by molar-refractivity contribution is 7.89. The number of primary sulfonamides is 1. The van der Waals surface area contributed by atoms with Crippen molar-refractivity contribution in [2.24, 2.45) is 5.14 Å². The van der Waals surface area contributed by atoms with Crippen molar-refractivity contribution in [3.63, 3.8) is 0 Å². The predicted molar refractivity (Wildman–Crippen MR) is 95.5 cm³/mol. The largest absolute Gasteiger partial charge is 0.288 e. The van der Waals surface area contributed by atoms with Gasteiger partial charge in [-0.05, 0) is 42.3 Å². The molecule has 0 aliphatic heterocycles. The first-order valence-electron chi connectivity index (χ1n) is 7.98. The second kappa shape index (κ2) is 7.09. The molecular weight excluding hydrogens is 376 g/mol. The fourth-order valence-electron chi connectivity index (χ4n) is 2.88. The Labute approximate surface area is 154 Å². The van der Waals surface area contributed by atoms with Crippen molar-refractivity contribution >= 4 is 26.8 Å². The Kier molecular flexibility index (Phi) is 4.99. The first-order chi connectivity index (χ1) is 12.7. The van der Waals surface area contributed by atoms with E-state index in [0.29, 0.717) is 11.0 Å². The first kappa shape index (κ1) is 19.0. The summed E-state index contributed by atoms with van der Waals surface area (Å²) in [6.07, 6.45) is 2.97. The van der Waals surface area contributed by atoms with Gasteiger partial charge in [-0.15, -0.1) is 0 Å². The summed E-state index contributed by atoms with van der Waals surface area (Å²) in [5, 5.41) is 3.92. The van der Waals surface area contributed by atoms with E-state index < -0.39 is 38.3 Å². The third-order valence-corrected chi connectivity index (χ3v) is 5.56. The van der Waals surface area contributed by atoms with Gasteiger partial charge >= 0.3 is 0 Å². The van der Waals surface area contributed by atoms with Crippen LogP contribution in [0.25, 0.3) is 11.0 Å². The number of benzene rings is 2. The molecule has 1 aromatic heterocycles. The van der Waals surface area contributed by atoms with Crippen LogP contribution in [0.3, 0.4) is 0 Å². The van der Waals surface area contributed by atoms with Gasteiger partial charge < -0.3 is 0 Å². The standard InChI is InChI=1S/C18H15F2N3O3S/c1-2-16(27(21,25)26)11-7-12(17(20)13(19)8-11)18(24)10-3-4-14-15(9-10)23-6-5-22-14/h3-9,16H,2H2,1H3,(H2,21,25,26). The lowest BCUT2D eigenvalue weighted by atomic mass is 9.98. The van der Waals surface area contributed by atoms with Crippen molar-refractivity contribution in [1.82, 2.24) is 9.97 Å². The first-order valence-corrected chi connectivity index (χ1v) is 9.59. The number of halogens is 2.